The van der Waals surface area contributed by atoms with Gasteiger partial charge in [0.15, 0.2) is 0 Å². The maximum absolute atomic E-state index is 12.1. The molecule has 0 atom stereocenters. The molecule has 0 spiro atoms. The van der Waals surface area contributed by atoms with E-state index < -0.39 is 0 Å². The van der Waals surface area contributed by atoms with Gasteiger partial charge >= 0.3 is 0 Å². The van der Waals surface area contributed by atoms with E-state index in [0.29, 0.717) is 24.5 Å². The number of nitrogens with zero attached hydrogens (tertiary/aromatic N) is 2. The maximum atomic E-state index is 12.1. The lowest BCUT2D eigenvalue weighted by atomic mass is 10.2. The van der Waals surface area contributed by atoms with E-state index in [1.165, 1.54) is 0 Å². The fourth-order valence-electron chi connectivity index (χ4n) is 2.06. The second-order valence-electron chi connectivity index (χ2n) is 4.76. The van der Waals surface area contributed by atoms with E-state index in [1.807, 2.05) is 49.0 Å². The highest BCUT2D eigenvalue weighted by Gasteiger charge is 2.10. The number of carbonyl (C=O) groups excluding carboxylic acids is 1. The highest BCUT2D eigenvalue weighted by Crippen LogP contribution is 2.17. The maximum Gasteiger partial charge on any atom is 0.255 e. The molecule has 0 aliphatic heterocycles. The molecule has 2 rings (SSSR count). The number of aryl methyl sites for hydroxylation is 2. The number of benzene rings is 1. The fourth-order valence-corrected chi connectivity index (χ4v) is 2.06. The summed E-state index contributed by atoms with van der Waals surface area (Å²) in [6.07, 6.45) is 2.78. The Balaban J connectivity index is 1.82. The lowest BCUT2D eigenvalue weighted by molar-refractivity contribution is 0.0949. The SMILES string of the molecule is CCOc1ccccc1C(=O)NCCCn1ccc(C)n1. The normalized spacial score (nSPS) is 10.4. The van der Waals surface area contributed by atoms with Gasteiger partial charge in [-0.3, -0.25) is 9.48 Å². The Bertz CT molecular complexity index is 593. The molecule has 0 bridgehead atoms. The Labute approximate surface area is 124 Å². The third-order valence-electron chi connectivity index (χ3n) is 3.06. The Hall–Kier alpha value is -2.30. The monoisotopic (exact) mass is 287 g/mol. The number of hydrogen-bond acceptors (Lipinski definition) is 3. The minimum atomic E-state index is -0.101. The van der Waals surface area contributed by atoms with E-state index in [0.717, 1.165) is 18.7 Å². The molecule has 112 valence electrons. The first kappa shape index (κ1) is 15.1. The van der Waals surface area contributed by atoms with Crippen LogP contribution in [0.5, 0.6) is 5.75 Å². The minimum Gasteiger partial charge on any atom is -0.493 e. The van der Waals surface area contributed by atoms with Gasteiger partial charge in [-0.05, 0) is 38.5 Å². The molecule has 0 saturated heterocycles. The van der Waals surface area contributed by atoms with Crippen LogP contribution in [-0.4, -0.2) is 28.8 Å². The van der Waals surface area contributed by atoms with Crippen molar-refractivity contribution in [1.82, 2.24) is 15.1 Å². The van der Waals surface area contributed by atoms with Crippen molar-refractivity contribution in [1.29, 1.82) is 0 Å². The number of rotatable bonds is 7. The van der Waals surface area contributed by atoms with Crippen molar-refractivity contribution in [3.8, 4) is 5.75 Å². The fraction of sp³-hybridized carbons (Fsp3) is 0.375. The number of nitrogens with one attached hydrogen (secondary N) is 1. The molecule has 1 N–H and O–H groups in total. The lowest BCUT2D eigenvalue weighted by Gasteiger charge is -2.10. The first-order valence-electron chi connectivity index (χ1n) is 7.20. The second-order valence-corrected chi connectivity index (χ2v) is 4.76. The third-order valence-corrected chi connectivity index (χ3v) is 3.06. The van der Waals surface area contributed by atoms with E-state index in [-0.39, 0.29) is 5.91 Å². The third kappa shape index (κ3) is 4.34. The number of carbonyl (C=O) groups is 1. The average molecular weight is 287 g/mol. The molecule has 1 amide bonds. The van der Waals surface area contributed by atoms with Gasteiger partial charge < -0.3 is 10.1 Å². The van der Waals surface area contributed by atoms with Gasteiger partial charge in [0.05, 0.1) is 17.9 Å². The zero-order chi connectivity index (χ0) is 15.1. The van der Waals surface area contributed by atoms with Crippen LogP contribution in [0.3, 0.4) is 0 Å². The van der Waals surface area contributed by atoms with Crippen LogP contribution in [0, 0.1) is 6.92 Å². The summed E-state index contributed by atoms with van der Waals surface area (Å²) in [6, 6.07) is 9.25. The number of aromatic nitrogens is 2. The standard InChI is InChI=1S/C16H21N3O2/c1-3-21-15-8-5-4-7-14(15)16(20)17-10-6-11-19-12-9-13(2)18-19/h4-5,7-9,12H,3,6,10-11H2,1-2H3,(H,17,20). The molecule has 0 aliphatic carbocycles. The van der Waals surface area contributed by atoms with Crippen LogP contribution in [0.25, 0.3) is 0 Å². The summed E-state index contributed by atoms with van der Waals surface area (Å²) in [5.74, 6) is 0.524. The summed E-state index contributed by atoms with van der Waals surface area (Å²) in [4.78, 5) is 12.1. The molecule has 0 unspecified atom stereocenters. The van der Waals surface area contributed by atoms with Crippen molar-refractivity contribution in [3.05, 3.63) is 47.8 Å². The van der Waals surface area contributed by atoms with E-state index in [2.05, 4.69) is 10.4 Å². The summed E-state index contributed by atoms with van der Waals surface area (Å²) in [5.41, 5.74) is 1.58. The van der Waals surface area contributed by atoms with Crippen LogP contribution in [-0.2, 0) is 6.54 Å². The Morgan fingerprint density at radius 1 is 1.33 bits per heavy atom. The van der Waals surface area contributed by atoms with Crippen LogP contribution in [0.1, 0.15) is 29.4 Å². The molecule has 5 nitrogen and oxygen atoms in total. The van der Waals surface area contributed by atoms with Gasteiger partial charge in [-0.25, -0.2) is 0 Å². The molecular weight excluding hydrogens is 266 g/mol. The van der Waals surface area contributed by atoms with Gasteiger partial charge in [0.2, 0.25) is 0 Å². The molecule has 0 fully saturated rings. The Kier molecular flexibility index (Phi) is 5.37. The van der Waals surface area contributed by atoms with Crippen molar-refractivity contribution in [2.24, 2.45) is 0 Å². The summed E-state index contributed by atoms with van der Waals surface area (Å²) in [5, 5.41) is 7.22. The summed E-state index contributed by atoms with van der Waals surface area (Å²) in [7, 11) is 0. The van der Waals surface area contributed by atoms with Crippen LogP contribution < -0.4 is 10.1 Å². The van der Waals surface area contributed by atoms with Crippen LogP contribution in [0.4, 0.5) is 0 Å². The molecule has 0 aliphatic rings. The quantitative estimate of drug-likeness (QED) is 0.796. The summed E-state index contributed by atoms with van der Waals surface area (Å²) >= 11 is 0. The highest BCUT2D eigenvalue weighted by molar-refractivity contribution is 5.96. The van der Waals surface area contributed by atoms with Crippen LogP contribution >= 0.6 is 0 Å². The second kappa shape index (κ2) is 7.47. The molecule has 0 saturated carbocycles. The predicted octanol–water partition coefficient (Wildman–Crippen LogP) is 2.41. The zero-order valence-electron chi connectivity index (χ0n) is 12.5. The van der Waals surface area contributed by atoms with Gasteiger partial charge in [0, 0.05) is 19.3 Å². The van der Waals surface area contributed by atoms with Gasteiger partial charge in [0.25, 0.3) is 5.91 Å². The summed E-state index contributed by atoms with van der Waals surface area (Å²) in [6.45, 7) is 5.81. The molecular formula is C16H21N3O2. The van der Waals surface area contributed by atoms with Crippen LogP contribution in [0.15, 0.2) is 36.5 Å². The topological polar surface area (TPSA) is 56.1 Å². The van der Waals surface area contributed by atoms with E-state index >= 15 is 0 Å². The molecule has 0 radical (unpaired) electrons. The molecule has 5 heteroatoms. The first-order chi connectivity index (χ1) is 10.2. The Morgan fingerprint density at radius 2 is 2.14 bits per heavy atom. The number of amides is 1. The number of para-hydroxylation sites is 1. The van der Waals surface area contributed by atoms with Crippen molar-refractivity contribution < 1.29 is 9.53 Å². The predicted molar refractivity (Wildman–Crippen MR) is 81.5 cm³/mol. The minimum absolute atomic E-state index is 0.101. The van der Waals surface area contributed by atoms with E-state index in [1.54, 1.807) is 6.07 Å². The van der Waals surface area contributed by atoms with E-state index in [4.69, 9.17) is 4.74 Å². The smallest absolute Gasteiger partial charge is 0.255 e. The largest absolute Gasteiger partial charge is 0.493 e. The van der Waals surface area contributed by atoms with Gasteiger partial charge in [-0.2, -0.15) is 5.10 Å². The molecule has 21 heavy (non-hydrogen) atoms. The van der Waals surface area contributed by atoms with Gasteiger partial charge in [0.1, 0.15) is 5.75 Å². The van der Waals surface area contributed by atoms with Crippen molar-refractivity contribution in [2.45, 2.75) is 26.8 Å². The van der Waals surface area contributed by atoms with Gasteiger partial charge in [-0.15, -0.1) is 0 Å². The van der Waals surface area contributed by atoms with Gasteiger partial charge in [-0.1, -0.05) is 12.1 Å². The van der Waals surface area contributed by atoms with Crippen molar-refractivity contribution in [3.63, 3.8) is 0 Å². The highest BCUT2D eigenvalue weighted by atomic mass is 16.5. The van der Waals surface area contributed by atoms with Crippen LogP contribution in [0.2, 0.25) is 0 Å². The lowest BCUT2D eigenvalue weighted by Crippen LogP contribution is -2.25. The van der Waals surface area contributed by atoms with E-state index in [9.17, 15) is 4.79 Å². The zero-order valence-corrected chi connectivity index (χ0v) is 12.5. The molecule has 1 aromatic heterocycles. The number of hydrogen-bond donors (Lipinski definition) is 1. The first-order valence-corrected chi connectivity index (χ1v) is 7.20. The van der Waals surface area contributed by atoms with Crippen molar-refractivity contribution in [2.75, 3.05) is 13.2 Å². The molecule has 1 aromatic carbocycles. The molecule has 2 aromatic rings. The molecule has 1 heterocycles. The van der Waals surface area contributed by atoms with Crippen molar-refractivity contribution >= 4 is 5.91 Å². The number of ether oxygens (including phenoxy) is 1. The average Bonchev–Trinajstić information content (AvgIpc) is 2.90. The Morgan fingerprint density at radius 3 is 2.86 bits per heavy atom. The summed E-state index contributed by atoms with van der Waals surface area (Å²) < 4.78 is 7.35.